The molecule has 22 heavy (non-hydrogen) atoms. The maximum absolute atomic E-state index is 12.1. The summed E-state index contributed by atoms with van der Waals surface area (Å²) < 4.78 is 0. The molecule has 2 aromatic carbocycles. The third-order valence-corrected chi connectivity index (χ3v) is 3.34. The van der Waals surface area contributed by atoms with Crippen LogP contribution in [0.5, 0.6) is 0 Å². The van der Waals surface area contributed by atoms with Crippen LogP contribution >= 0.6 is 11.6 Å². The van der Waals surface area contributed by atoms with Gasteiger partial charge in [0.15, 0.2) is 0 Å². The lowest BCUT2D eigenvalue weighted by atomic mass is 10.1. The van der Waals surface area contributed by atoms with Gasteiger partial charge < -0.3 is 10.6 Å². The van der Waals surface area contributed by atoms with Crippen LogP contribution in [0.3, 0.4) is 0 Å². The lowest BCUT2D eigenvalue weighted by Crippen LogP contribution is -2.15. The zero-order valence-corrected chi connectivity index (χ0v) is 13.2. The van der Waals surface area contributed by atoms with Crippen molar-refractivity contribution in [3.8, 4) is 0 Å². The number of benzene rings is 2. The van der Waals surface area contributed by atoms with Crippen LogP contribution in [-0.2, 0) is 16.0 Å². The Morgan fingerprint density at radius 2 is 1.73 bits per heavy atom. The minimum Gasteiger partial charge on any atom is -0.326 e. The number of carbonyl (C=O) groups excluding carboxylic acids is 2. The van der Waals surface area contributed by atoms with E-state index in [1.54, 1.807) is 30.3 Å². The summed E-state index contributed by atoms with van der Waals surface area (Å²) in [5.41, 5.74) is 3.26. The van der Waals surface area contributed by atoms with Gasteiger partial charge in [-0.25, -0.2) is 0 Å². The first-order valence-corrected chi connectivity index (χ1v) is 7.24. The number of amides is 2. The standard InChI is InChI=1S/C17H17ClN2O2/c1-11-9-14(18)5-8-16(11)20-17(22)10-13-3-6-15(7-4-13)19-12(2)21/h3-9H,10H2,1-2H3,(H,19,21)(H,20,22). The molecule has 0 aliphatic carbocycles. The molecule has 0 saturated carbocycles. The van der Waals surface area contributed by atoms with Crippen LogP contribution in [-0.4, -0.2) is 11.8 Å². The second-order valence-electron chi connectivity index (χ2n) is 5.06. The number of rotatable bonds is 4. The average molecular weight is 317 g/mol. The highest BCUT2D eigenvalue weighted by molar-refractivity contribution is 6.30. The summed E-state index contributed by atoms with van der Waals surface area (Å²) in [5.74, 6) is -0.221. The van der Waals surface area contributed by atoms with Crippen molar-refractivity contribution in [2.24, 2.45) is 0 Å². The molecule has 0 aliphatic rings. The molecule has 0 unspecified atom stereocenters. The monoisotopic (exact) mass is 316 g/mol. The number of carbonyl (C=O) groups is 2. The van der Waals surface area contributed by atoms with Crippen molar-refractivity contribution in [1.29, 1.82) is 0 Å². The predicted octanol–water partition coefficient (Wildman–Crippen LogP) is 3.79. The molecule has 0 aromatic heterocycles. The fraction of sp³-hybridized carbons (Fsp3) is 0.176. The van der Waals surface area contributed by atoms with E-state index in [0.29, 0.717) is 10.7 Å². The van der Waals surface area contributed by atoms with Gasteiger partial charge in [-0.05, 0) is 48.4 Å². The van der Waals surface area contributed by atoms with Crippen molar-refractivity contribution in [2.75, 3.05) is 10.6 Å². The molecule has 4 nitrogen and oxygen atoms in total. The molecule has 0 heterocycles. The van der Waals surface area contributed by atoms with E-state index >= 15 is 0 Å². The first-order chi connectivity index (χ1) is 10.4. The lowest BCUT2D eigenvalue weighted by molar-refractivity contribution is -0.116. The molecule has 0 aliphatic heterocycles. The Hall–Kier alpha value is -2.33. The van der Waals surface area contributed by atoms with Crippen molar-refractivity contribution in [1.82, 2.24) is 0 Å². The fourth-order valence-corrected chi connectivity index (χ4v) is 2.28. The summed E-state index contributed by atoms with van der Waals surface area (Å²) in [6, 6.07) is 12.5. The van der Waals surface area contributed by atoms with Gasteiger partial charge >= 0.3 is 0 Å². The SMILES string of the molecule is CC(=O)Nc1ccc(CC(=O)Nc2ccc(Cl)cc2C)cc1. The average Bonchev–Trinajstić information content (AvgIpc) is 2.43. The van der Waals surface area contributed by atoms with Gasteiger partial charge in [0.1, 0.15) is 0 Å². The van der Waals surface area contributed by atoms with E-state index in [1.807, 2.05) is 19.1 Å². The molecule has 0 saturated heterocycles. The molecule has 0 atom stereocenters. The van der Waals surface area contributed by atoms with Crippen LogP contribution in [0.2, 0.25) is 5.02 Å². The number of hydrogen-bond donors (Lipinski definition) is 2. The van der Waals surface area contributed by atoms with Crippen LogP contribution in [0.4, 0.5) is 11.4 Å². The number of anilines is 2. The van der Waals surface area contributed by atoms with Crippen LogP contribution in [0, 0.1) is 6.92 Å². The summed E-state index contributed by atoms with van der Waals surface area (Å²) in [6.45, 7) is 3.35. The minimum absolute atomic E-state index is 0.0994. The van der Waals surface area contributed by atoms with Gasteiger partial charge in [-0.1, -0.05) is 23.7 Å². The van der Waals surface area contributed by atoms with Crippen LogP contribution < -0.4 is 10.6 Å². The highest BCUT2D eigenvalue weighted by atomic mass is 35.5. The first kappa shape index (κ1) is 16.0. The second-order valence-corrected chi connectivity index (χ2v) is 5.50. The Bertz CT molecular complexity index is 696. The molecule has 114 valence electrons. The van der Waals surface area contributed by atoms with Crippen LogP contribution in [0.25, 0.3) is 0 Å². The van der Waals surface area contributed by atoms with Crippen molar-refractivity contribution in [3.05, 3.63) is 58.6 Å². The van der Waals surface area contributed by atoms with E-state index in [2.05, 4.69) is 10.6 Å². The van der Waals surface area contributed by atoms with E-state index in [9.17, 15) is 9.59 Å². The van der Waals surface area contributed by atoms with E-state index in [-0.39, 0.29) is 18.2 Å². The highest BCUT2D eigenvalue weighted by Gasteiger charge is 2.07. The Morgan fingerprint density at radius 3 is 2.32 bits per heavy atom. The number of hydrogen-bond acceptors (Lipinski definition) is 2. The highest BCUT2D eigenvalue weighted by Crippen LogP contribution is 2.20. The maximum Gasteiger partial charge on any atom is 0.228 e. The van der Waals surface area contributed by atoms with Gasteiger partial charge in [0.05, 0.1) is 6.42 Å². The Morgan fingerprint density at radius 1 is 1.05 bits per heavy atom. The van der Waals surface area contributed by atoms with Crippen LogP contribution in [0.15, 0.2) is 42.5 Å². The lowest BCUT2D eigenvalue weighted by Gasteiger charge is -2.09. The predicted molar refractivity (Wildman–Crippen MR) is 89.3 cm³/mol. The van der Waals surface area contributed by atoms with Gasteiger partial charge in [0.25, 0.3) is 0 Å². The van der Waals surface area contributed by atoms with Gasteiger partial charge in [0, 0.05) is 23.3 Å². The molecular weight excluding hydrogens is 300 g/mol. The first-order valence-electron chi connectivity index (χ1n) is 6.86. The smallest absolute Gasteiger partial charge is 0.228 e. The van der Waals surface area contributed by atoms with Crippen molar-refractivity contribution < 1.29 is 9.59 Å². The summed E-state index contributed by atoms with van der Waals surface area (Å²) in [5, 5.41) is 6.19. The second kappa shape index (κ2) is 7.09. The molecule has 2 rings (SSSR count). The third-order valence-electron chi connectivity index (χ3n) is 3.10. The molecule has 0 fully saturated rings. The Kier molecular flexibility index (Phi) is 5.17. The van der Waals surface area contributed by atoms with E-state index in [1.165, 1.54) is 6.92 Å². The number of halogens is 1. The van der Waals surface area contributed by atoms with E-state index in [0.717, 1.165) is 16.8 Å². The van der Waals surface area contributed by atoms with Crippen molar-refractivity contribution >= 4 is 34.8 Å². The summed E-state index contributed by atoms with van der Waals surface area (Å²) >= 11 is 5.89. The molecular formula is C17H17ClN2O2. The largest absolute Gasteiger partial charge is 0.326 e. The molecule has 2 amide bonds. The summed E-state index contributed by atoms with van der Waals surface area (Å²) in [6.07, 6.45) is 0.266. The third kappa shape index (κ3) is 4.60. The summed E-state index contributed by atoms with van der Waals surface area (Å²) in [4.78, 5) is 23.0. The van der Waals surface area contributed by atoms with Gasteiger partial charge in [-0.2, -0.15) is 0 Å². The molecule has 2 aromatic rings. The Balaban J connectivity index is 1.98. The normalized spacial score (nSPS) is 10.1. The number of aryl methyl sites for hydroxylation is 1. The maximum atomic E-state index is 12.1. The minimum atomic E-state index is -0.122. The van der Waals surface area contributed by atoms with Crippen molar-refractivity contribution in [3.63, 3.8) is 0 Å². The molecule has 0 bridgehead atoms. The fourth-order valence-electron chi connectivity index (χ4n) is 2.06. The zero-order chi connectivity index (χ0) is 16.1. The molecule has 2 N–H and O–H groups in total. The van der Waals surface area contributed by atoms with E-state index in [4.69, 9.17) is 11.6 Å². The molecule has 0 spiro atoms. The van der Waals surface area contributed by atoms with Gasteiger partial charge in [-0.15, -0.1) is 0 Å². The quantitative estimate of drug-likeness (QED) is 0.901. The molecule has 5 heteroatoms. The topological polar surface area (TPSA) is 58.2 Å². The van der Waals surface area contributed by atoms with Crippen molar-refractivity contribution in [2.45, 2.75) is 20.3 Å². The summed E-state index contributed by atoms with van der Waals surface area (Å²) in [7, 11) is 0. The molecule has 0 radical (unpaired) electrons. The van der Waals surface area contributed by atoms with Gasteiger partial charge in [-0.3, -0.25) is 9.59 Å². The van der Waals surface area contributed by atoms with Crippen LogP contribution in [0.1, 0.15) is 18.1 Å². The zero-order valence-electron chi connectivity index (χ0n) is 12.4. The van der Waals surface area contributed by atoms with E-state index < -0.39 is 0 Å². The van der Waals surface area contributed by atoms with Gasteiger partial charge in [0.2, 0.25) is 11.8 Å². The number of nitrogens with one attached hydrogen (secondary N) is 2. The Labute approximate surface area is 134 Å².